The molecule has 3 aromatic heterocycles. The van der Waals surface area contributed by atoms with Crippen LogP contribution in [0.4, 0.5) is 13.2 Å². The van der Waals surface area contributed by atoms with Crippen molar-refractivity contribution in [1.29, 1.82) is 0 Å². The number of aryl methyl sites for hydroxylation is 1. The van der Waals surface area contributed by atoms with Crippen LogP contribution in [0.15, 0.2) is 41.1 Å². The summed E-state index contributed by atoms with van der Waals surface area (Å²) < 4.78 is 44.0. The molecule has 0 atom stereocenters. The lowest BCUT2D eigenvalue weighted by Crippen LogP contribution is -2.11. The zero-order valence-electron chi connectivity index (χ0n) is 15.6. The smallest absolute Gasteiger partial charge is 0.407 e. The maximum atomic E-state index is 13.0. The molecule has 0 aliphatic rings. The largest absolute Gasteiger partial charge is 0.434 e. The average molecular weight is 420 g/mol. The highest BCUT2D eigenvalue weighted by molar-refractivity contribution is 7.13. The highest BCUT2D eigenvalue weighted by atomic mass is 32.1. The third-order valence-electron chi connectivity index (χ3n) is 3.81. The first-order chi connectivity index (χ1) is 13.7. The molecule has 0 saturated carbocycles. The van der Waals surface area contributed by atoms with E-state index in [0.29, 0.717) is 27.9 Å². The van der Waals surface area contributed by atoms with Crippen LogP contribution in [-0.4, -0.2) is 33.9 Å². The third kappa shape index (κ3) is 4.65. The van der Waals surface area contributed by atoms with E-state index in [1.54, 1.807) is 31.5 Å². The number of aromatic nitrogens is 3. The highest BCUT2D eigenvalue weighted by Gasteiger charge is 2.34. The number of pyridine rings is 2. The number of carbonyl (C=O) groups excluding carboxylic acids is 1. The Morgan fingerprint density at radius 3 is 2.55 bits per heavy atom. The molecule has 3 rings (SSSR count). The Morgan fingerprint density at radius 2 is 1.93 bits per heavy atom. The molecule has 3 heterocycles. The Balaban J connectivity index is 2.10. The molecule has 0 aliphatic heterocycles. The minimum Gasteiger partial charge on any atom is -0.407 e. The number of nitrogens with zero attached hydrogens (tertiary/aromatic N) is 4. The van der Waals surface area contributed by atoms with E-state index >= 15 is 0 Å². The quantitative estimate of drug-likeness (QED) is 0.353. The normalized spacial score (nSPS) is 12.1. The van der Waals surface area contributed by atoms with Crippen LogP contribution in [0.5, 0.6) is 0 Å². The van der Waals surface area contributed by atoms with Crippen molar-refractivity contribution in [2.45, 2.75) is 20.0 Å². The van der Waals surface area contributed by atoms with Crippen LogP contribution in [-0.2, 0) is 15.7 Å². The fourth-order valence-corrected chi connectivity index (χ4v) is 3.42. The molecular weight excluding hydrogens is 405 g/mol. The minimum absolute atomic E-state index is 0.0853. The van der Waals surface area contributed by atoms with Crippen molar-refractivity contribution in [3.8, 4) is 21.7 Å². The van der Waals surface area contributed by atoms with Gasteiger partial charge in [0, 0.05) is 60.3 Å². The van der Waals surface area contributed by atoms with Gasteiger partial charge in [0.2, 0.25) is 5.90 Å². The Bertz CT molecular complexity index is 1090. The van der Waals surface area contributed by atoms with E-state index in [1.807, 2.05) is 0 Å². The lowest BCUT2D eigenvalue weighted by Gasteiger charge is -2.10. The summed E-state index contributed by atoms with van der Waals surface area (Å²) in [6.07, 6.45) is 0.0452. The maximum absolute atomic E-state index is 13.0. The van der Waals surface area contributed by atoms with Crippen molar-refractivity contribution in [3.63, 3.8) is 0 Å². The van der Waals surface area contributed by atoms with Crippen LogP contribution in [0.3, 0.4) is 0 Å². The average Bonchev–Trinajstić information content (AvgIpc) is 3.16. The van der Waals surface area contributed by atoms with Gasteiger partial charge < -0.3 is 4.74 Å². The van der Waals surface area contributed by atoms with Crippen molar-refractivity contribution in [1.82, 2.24) is 15.0 Å². The molecule has 10 heteroatoms. The number of thiazole rings is 1. The van der Waals surface area contributed by atoms with Gasteiger partial charge in [0.1, 0.15) is 5.01 Å². The predicted octanol–water partition coefficient (Wildman–Crippen LogP) is 4.53. The van der Waals surface area contributed by atoms with Gasteiger partial charge in [-0.2, -0.15) is 13.2 Å². The van der Waals surface area contributed by atoms with E-state index in [1.165, 1.54) is 20.2 Å². The summed E-state index contributed by atoms with van der Waals surface area (Å²) >= 11 is 0.898. The highest BCUT2D eigenvalue weighted by Crippen LogP contribution is 2.37. The molecule has 0 radical (unpaired) electrons. The molecule has 0 unspecified atom stereocenters. The molecule has 6 nitrogen and oxygen atoms in total. The monoisotopic (exact) mass is 420 g/mol. The van der Waals surface area contributed by atoms with Gasteiger partial charge in [0.25, 0.3) is 0 Å². The van der Waals surface area contributed by atoms with Crippen LogP contribution in [0, 0.1) is 6.92 Å². The Hall–Kier alpha value is -3.14. The lowest BCUT2D eigenvalue weighted by molar-refractivity contribution is -0.140. The summed E-state index contributed by atoms with van der Waals surface area (Å²) in [5.41, 5.74) is 1.75. The second-order valence-corrected chi connectivity index (χ2v) is 6.85. The summed E-state index contributed by atoms with van der Waals surface area (Å²) in [5.74, 6) is -0.446. The number of hydrogen-bond acceptors (Lipinski definition) is 7. The first kappa shape index (κ1) is 20.6. The molecule has 150 valence electrons. The zero-order chi connectivity index (χ0) is 21.2. The first-order valence-electron chi connectivity index (χ1n) is 8.29. The van der Waals surface area contributed by atoms with Crippen molar-refractivity contribution >= 4 is 23.2 Å². The topological polar surface area (TPSA) is 77.3 Å². The molecule has 0 aromatic carbocycles. The molecule has 0 saturated heterocycles. The lowest BCUT2D eigenvalue weighted by atomic mass is 10.0. The van der Waals surface area contributed by atoms with E-state index in [4.69, 9.17) is 4.74 Å². The minimum atomic E-state index is -4.52. The van der Waals surface area contributed by atoms with Crippen LogP contribution >= 0.6 is 11.3 Å². The van der Waals surface area contributed by atoms with Gasteiger partial charge in [-0.05, 0) is 19.1 Å². The van der Waals surface area contributed by atoms with Gasteiger partial charge in [0.05, 0.1) is 5.56 Å². The predicted molar refractivity (Wildman–Crippen MR) is 103 cm³/mol. The number of esters is 1. The summed E-state index contributed by atoms with van der Waals surface area (Å²) in [7, 11) is 1.47. The number of halogens is 3. The van der Waals surface area contributed by atoms with Crippen molar-refractivity contribution in [2.75, 3.05) is 7.05 Å². The standard InChI is InChI=1S/C19H15F3N4O2S/c1-10-4-14(18-26-16(9-29-18)19(20,21)22)15(8-25-10)12-5-13(7-24-6-12)17(23-3)28-11(2)27/h4-9H,1-3H3. The van der Waals surface area contributed by atoms with E-state index < -0.39 is 17.8 Å². The fourth-order valence-electron chi connectivity index (χ4n) is 2.57. The molecule has 0 spiro atoms. The molecule has 0 N–H and O–H groups in total. The van der Waals surface area contributed by atoms with Gasteiger partial charge in [-0.25, -0.2) is 4.98 Å². The molecular formula is C19H15F3N4O2S. The number of ether oxygens (including phenoxy) is 1. The van der Waals surface area contributed by atoms with Crippen LogP contribution in [0.2, 0.25) is 0 Å². The van der Waals surface area contributed by atoms with Gasteiger partial charge in [-0.15, -0.1) is 11.3 Å². The van der Waals surface area contributed by atoms with E-state index in [-0.39, 0.29) is 10.9 Å². The van der Waals surface area contributed by atoms with E-state index in [2.05, 4.69) is 19.9 Å². The van der Waals surface area contributed by atoms with Crippen molar-refractivity contribution < 1.29 is 22.7 Å². The van der Waals surface area contributed by atoms with Crippen molar-refractivity contribution in [3.05, 3.63) is 53.1 Å². The number of alkyl halides is 3. The van der Waals surface area contributed by atoms with Crippen LogP contribution in [0.1, 0.15) is 23.9 Å². The molecule has 0 aliphatic carbocycles. The number of hydrogen-bond donors (Lipinski definition) is 0. The zero-order valence-corrected chi connectivity index (χ0v) is 16.4. The van der Waals surface area contributed by atoms with Gasteiger partial charge in [-0.1, -0.05) is 0 Å². The SMILES string of the molecule is CN=C(OC(C)=O)c1cncc(-c2cnc(C)cc2-c2nc(C(F)(F)F)cs2)c1. The molecule has 29 heavy (non-hydrogen) atoms. The Morgan fingerprint density at radius 1 is 1.17 bits per heavy atom. The molecule has 3 aromatic rings. The second-order valence-electron chi connectivity index (χ2n) is 5.99. The maximum Gasteiger partial charge on any atom is 0.434 e. The van der Waals surface area contributed by atoms with Gasteiger partial charge >= 0.3 is 12.1 Å². The second kappa shape index (κ2) is 8.08. The molecule has 0 amide bonds. The Labute approximate surface area is 168 Å². The van der Waals surface area contributed by atoms with Crippen LogP contribution < -0.4 is 0 Å². The summed E-state index contributed by atoms with van der Waals surface area (Å²) in [5, 5.41) is 1.19. The molecule has 0 bridgehead atoms. The summed E-state index contributed by atoms with van der Waals surface area (Å²) in [6, 6.07) is 3.34. The van der Waals surface area contributed by atoms with E-state index in [9.17, 15) is 18.0 Å². The summed E-state index contributed by atoms with van der Waals surface area (Å²) in [4.78, 5) is 27.3. The Kier molecular flexibility index (Phi) is 5.73. The van der Waals surface area contributed by atoms with E-state index in [0.717, 1.165) is 16.7 Å². The van der Waals surface area contributed by atoms with Crippen molar-refractivity contribution in [2.24, 2.45) is 4.99 Å². The number of rotatable bonds is 3. The number of carbonyl (C=O) groups is 1. The van der Waals surface area contributed by atoms with Gasteiger partial charge in [0.15, 0.2) is 5.69 Å². The molecule has 0 fully saturated rings. The van der Waals surface area contributed by atoms with Crippen LogP contribution in [0.25, 0.3) is 21.7 Å². The summed E-state index contributed by atoms with van der Waals surface area (Å²) in [6.45, 7) is 2.99. The third-order valence-corrected chi connectivity index (χ3v) is 4.68. The van der Waals surface area contributed by atoms with Gasteiger partial charge in [-0.3, -0.25) is 19.8 Å². The number of aliphatic imine (C=N–C) groups is 1. The first-order valence-corrected chi connectivity index (χ1v) is 9.17. The fraction of sp³-hybridized carbons (Fsp3) is 0.211.